The smallest absolute Gasteiger partial charge is 0.263 e. The molecule has 0 bridgehead atoms. The number of hydrogen-bond acceptors (Lipinski definition) is 4. The summed E-state index contributed by atoms with van der Waals surface area (Å²) in [6, 6.07) is 9.39. The average molecular weight is 409 g/mol. The predicted octanol–water partition coefficient (Wildman–Crippen LogP) is 2.39. The van der Waals surface area contributed by atoms with Gasteiger partial charge in [0, 0.05) is 38.0 Å². The summed E-state index contributed by atoms with van der Waals surface area (Å²) in [5.41, 5.74) is 2.33. The fourth-order valence-corrected chi connectivity index (χ4v) is 4.08. The van der Waals surface area contributed by atoms with Gasteiger partial charge in [-0.05, 0) is 55.5 Å². The fourth-order valence-electron chi connectivity index (χ4n) is 4.08. The first kappa shape index (κ1) is 20.3. The van der Waals surface area contributed by atoms with Crippen LogP contribution in [0.2, 0.25) is 0 Å². The standard InChI is InChI=1S/C23H27N3O4/c1-16-10-12-25(15-19-4-3-13-30-19)23(29)21(16)22(28)24-14-17-6-8-18(9-7-17)26-11-2-5-20(26)27/h6-10,12,19H,2-5,11,13-15H2,1H3,(H,24,28). The van der Waals surface area contributed by atoms with Gasteiger partial charge < -0.3 is 19.5 Å². The van der Waals surface area contributed by atoms with Crippen LogP contribution in [0.3, 0.4) is 0 Å². The molecule has 2 saturated heterocycles. The van der Waals surface area contributed by atoms with E-state index in [2.05, 4.69) is 5.32 Å². The number of benzene rings is 1. The number of aromatic nitrogens is 1. The molecule has 0 radical (unpaired) electrons. The largest absolute Gasteiger partial charge is 0.376 e. The first-order valence-corrected chi connectivity index (χ1v) is 10.5. The van der Waals surface area contributed by atoms with Gasteiger partial charge in [-0.1, -0.05) is 12.1 Å². The molecule has 0 saturated carbocycles. The highest BCUT2D eigenvalue weighted by molar-refractivity contribution is 5.96. The van der Waals surface area contributed by atoms with Crippen LogP contribution < -0.4 is 15.8 Å². The molecule has 2 aromatic rings. The van der Waals surface area contributed by atoms with Gasteiger partial charge in [0.1, 0.15) is 5.56 Å². The van der Waals surface area contributed by atoms with Crippen molar-refractivity contribution in [3.05, 3.63) is 63.6 Å². The van der Waals surface area contributed by atoms with Crippen molar-refractivity contribution in [2.75, 3.05) is 18.1 Å². The van der Waals surface area contributed by atoms with Gasteiger partial charge in [-0.3, -0.25) is 14.4 Å². The van der Waals surface area contributed by atoms with Crippen molar-refractivity contribution in [3.63, 3.8) is 0 Å². The summed E-state index contributed by atoms with van der Waals surface area (Å²) < 4.78 is 7.19. The number of nitrogens with zero attached hydrogens (tertiary/aromatic N) is 2. The van der Waals surface area contributed by atoms with Gasteiger partial charge in [-0.25, -0.2) is 0 Å². The lowest BCUT2D eigenvalue weighted by atomic mass is 10.1. The van der Waals surface area contributed by atoms with Gasteiger partial charge >= 0.3 is 0 Å². The lowest BCUT2D eigenvalue weighted by molar-refractivity contribution is -0.117. The zero-order chi connectivity index (χ0) is 21.1. The molecule has 1 aromatic heterocycles. The predicted molar refractivity (Wildman–Crippen MR) is 114 cm³/mol. The Morgan fingerprint density at radius 1 is 1.17 bits per heavy atom. The van der Waals surface area contributed by atoms with Crippen molar-refractivity contribution in [2.24, 2.45) is 0 Å². The third-order valence-corrected chi connectivity index (χ3v) is 5.80. The Balaban J connectivity index is 1.42. The Morgan fingerprint density at radius 2 is 1.97 bits per heavy atom. The lowest BCUT2D eigenvalue weighted by Gasteiger charge is -2.16. The van der Waals surface area contributed by atoms with Crippen molar-refractivity contribution in [1.82, 2.24) is 9.88 Å². The molecule has 3 heterocycles. The number of amides is 2. The van der Waals surface area contributed by atoms with Crippen molar-refractivity contribution >= 4 is 17.5 Å². The maximum atomic E-state index is 12.9. The van der Waals surface area contributed by atoms with E-state index in [1.807, 2.05) is 24.3 Å². The second-order valence-electron chi connectivity index (χ2n) is 7.96. The van der Waals surface area contributed by atoms with Crippen LogP contribution in [0.1, 0.15) is 47.2 Å². The zero-order valence-corrected chi connectivity index (χ0v) is 17.2. The summed E-state index contributed by atoms with van der Waals surface area (Å²) in [5, 5.41) is 2.85. The van der Waals surface area contributed by atoms with Gasteiger partial charge in [0.25, 0.3) is 11.5 Å². The van der Waals surface area contributed by atoms with Crippen molar-refractivity contribution in [1.29, 1.82) is 0 Å². The van der Waals surface area contributed by atoms with E-state index in [1.54, 1.807) is 28.7 Å². The van der Waals surface area contributed by atoms with E-state index in [0.29, 0.717) is 25.1 Å². The minimum atomic E-state index is -0.377. The SMILES string of the molecule is Cc1ccn(CC2CCCO2)c(=O)c1C(=O)NCc1ccc(N2CCCC2=O)cc1. The summed E-state index contributed by atoms with van der Waals surface area (Å²) in [5.74, 6) is -0.229. The van der Waals surface area contributed by atoms with E-state index >= 15 is 0 Å². The Hall–Kier alpha value is -2.93. The second-order valence-corrected chi connectivity index (χ2v) is 7.96. The summed E-state index contributed by atoms with van der Waals surface area (Å²) >= 11 is 0. The Kier molecular flexibility index (Phi) is 5.99. The number of nitrogens with one attached hydrogen (secondary N) is 1. The van der Waals surface area contributed by atoms with Crippen molar-refractivity contribution < 1.29 is 14.3 Å². The van der Waals surface area contributed by atoms with Gasteiger partial charge in [-0.15, -0.1) is 0 Å². The highest BCUT2D eigenvalue weighted by Crippen LogP contribution is 2.21. The molecule has 0 spiro atoms. The third kappa shape index (κ3) is 4.31. The van der Waals surface area contributed by atoms with Gasteiger partial charge in [0.2, 0.25) is 5.91 Å². The minimum Gasteiger partial charge on any atom is -0.376 e. The molecule has 7 nitrogen and oxygen atoms in total. The summed E-state index contributed by atoms with van der Waals surface area (Å²) in [6.45, 7) is 4.03. The molecular formula is C23H27N3O4. The van der Waals surface area contributed by atoms with E-state index < -0.39 is 0 Å². The summed E-state index contributed by atoms with van der Waals surface area (Å²) in [4.78, 5) is 39.3. The Morgan fingerprint density at radius 3 is 2.63 bits per heavy atom. The second kappa shape index (κ2) is 8.83. The number of hydrogen-bond donors (Lipinski definition) is 1. The molecule has 2 aliphatic rings. The first-order valence-electron chi connectivity index (χ1n) is 10.5. The molecule has 158 valence electrons. The van der Waals surface area contributed by atoms with Crippen LogP contribution in [0.5, 0.6) is 0 Å². The monoisotopic (exact) mass is 409 g/mol. The van der Waals surface area contributed by atoms with E-state index in [-0.39, 0.29) is 29.0 Å². The van der Waals surface area contributed by atoms with Crippen LogP contribution in [-0.2, 0) is 22.6 Å². The molecule has 4 rings (SSSR count). The number of anilines is 1. The minimum absolute atomic E-state index is 0.0299. The van der Waals surface area contributed by atoms with Crippen molar-refractivity contribution in [2.45, 2.75) is 51.8 Å². The molecule has 2 aliphatic heterocycles. The number of pyridine rings is 1. The van der Waals surface area contributed by atoms with E-state index in [1.165, 1.54) is 0 Å². The highest BCUT2D eigenvalue weighted by atomic mass is 16.5. The molecule has 1 atom stereocenters. The van der Waals surface area contributed by atoms with Gasteiger partial charge in [0.05, 0.1) is 12.6 Å². The van der Waals surface area contributed by atoms with Crippen molar-refractivity contribution in [3.8, 4) is 0 Å². The molecule has 1 aromatic carbocycles. The normalized spacial score (nSPS) is 18.8. The number of ether oxygens (including phenoxy) is 1. The maximum Gasteiger partial charge on any atom is 0.263 e. The maximum absolute atomic E-state index is 12.9. The molecule has 2 fully saturated rings. The molecule has 30 heavy (non-hydrogen) atoms. The first-order chi connectivity index (χ1) is 14.5. The lowest BCUT2D eigenvalue weighted by Crippen LogP contribution is -2.35. The van der Waals surface area contributed by atoms with Crippen LogP contribution in [0.15, 0.2) is 41.3 Å². The fraction of sp³-hybridized carbons (Fsp3) is 0.435. The number of aryl methyl sites for hydroxylation is 1. The molecule has 7 heteroatoms. The molecule has 1 N–H and O–H groups in total. The van der Waals surface area contributed by atoms with E-state index in [9.17, 15) is 14.4 Å². The summed E-state index contributed by atoms with van der Waals surface area (Å²) in [7, 11) is 0. The topological polar surface area (TPSA) is 80.6 Å². The summed E-state index contributed by atoms with van der Waals surface area (Å²) in [6.07, 6.45) is 5.18. The van der Waals surface area contributed by atoms with E-state index in [4.69, 9.17) is 4.74 Å². The van der Waals surface area contributed by atoms with Crippen LogP contribution >= 0.6 is 0 Å². The number of rotatable bonds is 6. The van der Waals surface area contributed by atoms with Gasteiger partial charge in [-0.2, -0.15) is 0 Å². The molecule has 2 amide bonds. The van der Waals surface area contributed by atoms with Crippen LogP contribution in [0.25, 0.3) is 0 Å². The Labute approximate surface area is 175 Å². The number of carbonyl (C=O) groups is 2. The highest BCUT2D eigenvalue weighted by Gasteiger charge is 2.22. The zero-order valence-electron chi connectivity index (χ0n) is 17.2. The third-order valence-electron chi connectivity index (χ3n) is 5.80. The number of carbonyl (C=O) groups excluding carboxylic acids is 2. The average Bonchev–Trinajstić information content (AvgIpc) is 3.41. The molecule has 1 unspecified atom stereocenters. The molecular weight excluding hydrogens is 382 g/mol. The van der Waals surface area contributed by atoms with Gasteiger partial charge in [0.15, 0.2) is 0 Å². The Bertz CT molecular complexity index is 990. The van der Waals surface area contributed by atoms with E-state index in [0.717, 1.165) is 43.7 Å². The molecule has 0 aliphatic carbocycles. The van der Waals surface area contributed by atoms with Crippen LogP contribution in [0, 0.1) is 6.92 Å². The van der Waals surface area contributed by atoms with Crippen LogP contribution in [0.4, 0.5) is 5.69 Å². The van der Waals surface area contributed by atoms with Crippen LogP contribution in [-0.4, -0.2) is 35.6 Å². The quantitative estimate of drug-likeness (QED) is 0.794.